The van der Waals surface area contributed by atoms with E-state index >= 15 is 0 Å². The highest BCUT2D eigenvalue weighted by Crippen LogP contribution is 2.94. The van der Waals surface area contributed by atoms with Crippen molar-refractivity contribution in [2.24, 2.45) is 5.92 Å². The third kappa shape index (κ3) is 4.19. The molecule has 0 amide bonds. The Labute approximate surface area is 178 Å². The molecule has 2 atom stereocenters. The summed E-state index contributed by atoms with van der Waals surface area (Å²) in [5.41, 5.74) is 0.662. The quantitative estimate of drug-likeness (QED) is 0.292. The molecule has 0 heterocycles. The van der Waals surface area contributed by atoms with Crippen molar-refractivity contribution in [2.75, 3.05) is 33.0 Å². The van der Waals surface area contributed by atoms with Gasteiger partial charge in [0.2, 0.25) is 0 Å². The average molecular weight is 462 g/mol. The largest absolute Gasteiger partial charge is 0.466 e. The zero-order chi connectivity index (χ0) is 22.4. The second-order valence-electron chi connectivity index (χ2n) is 6.57. The van der Waals surface area contributed by atoms with Crippen molar-refractivity contribution in [3.63, 3.8) is 0 Å². The van der Waals surface area contributed by atoms with Crippen LogP contribution in [0, 0.1) is 5.92 Å². The van der Waals surface area contributed by atoms with E-state index in [1.54, 1.807) is 58.9 Å². The molecule has 0 radical (unpaired) electrons. The first kappa shape index (κ1) is 25.3. The van der Waals surface area contributed by atoms with Crippen molar-refractivity contribution in [3.8, 4) is 0 Å². The summed E-state index contributed by atoms with van der Waals surface area (Å²) in [6, 6.07) is 8.97. The van der Waals surface area contributed by atoms with Crippen molar-refractivity contribution in [2.45, 2.75) is 45.4 Å². The van der Waals surface area contributed by atoms with E-state index in [9.17, 15) is 13.9 Å². The molecule has 2 rings (SSSR count). The maximum absolute atomic E-state index is 14.2. The van der Waals surface area contributed by atoms with Gasteiger partial charge in [-0.15, -0.1) is 0 Å². The molecule has 0 aliphatic heterocycles. The van der Waals surface area contributed by atoms with E-state index in [0.29, 0.717) is 5.56 Å². The normalized spacial score (nSPS) is 20.7. The predicted octanol–water partition coefficient (Wildman–Crippen LogP) is 5.19. The van der Waals surface area contributed by atoms with E-state index in [1.807, 2.05) is 6.07 Å². The Kier molecular flexibility index (Phi) is 8.87. The summed E-state index contributed by atoms with van der Waals surface area (Å²) >= 11 is 0. The molecule has 1 aliphatic rings. The molecule has 1 aromatic rings. The van der Waals surface area contributed by atoms with Gasteiger partial charge in [0.25, 0.3) is 0 Å². The number of benzene rings is 1. The van der Waals surface area contributed by atoms with Gasteiger partial charge in [-0.3, -0.25) is 13.9 Å². The van der Waals surface area contributed by atoms with Crippen LogP contribution in [-0.4, -0.2) is 43.9 Å². The van der Waals surface area contributed by atoms with Crippen LogP contribution in [0.15, 0.2) is 30.3 Å². The lowest BCUT2D eigenvalue weighted by molar-refractivity contribution is -0.145. The number of esters is 1. The highest BCUT2D eigenvalue weighted by molar-refractivity contribution is 7.75. The summed E-state index contributed by atoms with van der Waals surface area (Å²) in [5, 5.41) is 0. The molecule has 170 valence electrons. The van der Waals surface area contributed by atoms with Gasteiger partial charge < -0.3 is 22.8 Å². The van der Waals surface area contributed by atoms with Crippen molar-refractivity contribution in [1.82, 2.24) is 0 Å². The Hall–Kier alpha value is -1.01. The van der Waals surface area contributed by atoms with Gasteiger partial charge in [0.05, 0.1) is 39.0 Å². The third-order valence-electron chi connectivity index (χ3n) is 4.91. The lowest BCUT2D eigenvalue weighted by Gasteiger charge is -2.33. The molecule has 2 unspecified atom stereocenters. The van der Waals surface area contributed by atoms with Crippen LogP contribution in [0.25, 0.3) is 0 Å². The topological polar surface area (TPSA) is 97.4 Å². The van der Waals surface area contributed by atoms with Crippen LogP contribution in [0.4, 0.5) is 0 Å². The average Bonchev–Trinajstić information content (AvgIpc) is 3.43. The van der Waals surface area contributed by atoms with E-state index in [4.69, 9.17) is 22.8 Å². The minimum Gasteiger partial charge on any atom is -0.466 e. The van der Waals surface area contributed by atoms with Crippen LogP contribution in [-0.2, 0) is 36.8 Å². The van der Waals surface area contributed by atoms with Gasteiger partial charge in [-0.2, -0.15) is 0 Å². The van der Waals surface area contributed by atoms with Gasteiger partial charge in [-0.25, -0.2) is 0 Å². The van der Waals surface area contributed by atoms with Gasteiger partial charge in [-0.1, -0.05) is 30.3 Å². The number of ether oxygens (including phenoxy) is 1. The molecular weight excluding hydrogens is 430 g/mol. The lowest BCUT2D eigenvalue weighted by Crippen LogP contribution is -2.25. The molecule has 0 saturated heterocycles. The van der Waals surface area contributed by atoms with Crippen molar-refractivity contribution in [3.05, 3.63) is 35.9 Å². The minimum absolute atomic E-state index is 0.0360. The van der Waals surface area contributed by atoms with Crippen LogP contribution in [0.5, 0.6) is 0 Å². The summed E-state index contributed by atoms with van der Waals surface area (Å²) in [4.78, 5) is 11.2. The van der Waals surface area contributed by atoms with Gasteiger partial charge >= 0.3 is 21.2 Å². The highest BCUT2D eigenvalue weighted by atomic mass is 31.2. The monoisotopic (exact) mass is 462 g/mol. The van der Waals surface area contributed by atoms with Crippen LogP contribution in [0.1, 0.15) is 46.1 Å². The summed E-state index contributed by atoms with van der Waals surface area (Å²) in [6.45, 7) is 8.57. The number of hydrogen-bond acceptors (Lipinski definition) is 8. The van der Waals surface area contributed by atoms with Crippen LogP contribution in [0.2, 0.25) is 0 Å². The van der Waals surface area contributed by atoms with Crippen molar-refractivity contribution >= 4 is 21.2 Å². The summed E-state index contributed by atoms with van der Waals surface area (Å²) in [7, 11) is -8.32. The van der Waals surface area contributed by atoms with Crippen molar-refractivity contribution in [1.29, 1.82) is 0 Å². The molecule has 1 aliphatic carbocycles. The van der Waals surface area contributed by atoms with E-state index in [0.717, 1.165) is 0 Å². The van der Waals surface area contributed by atoms with Gasteiger partial charge in [0, 0.05) is 5.92 Å². The minimum atomic E-state index is -4.16. The Morgan fingerprint density at radius 3 is 1.60 bits per heavy atom. The molecular formula is C20H32O8P2. The zero-order valence-corrected chi connectivity index (χ0v) is 20.0. The van der Waals surface area contributed by atoms with Gasteiger partial charge in [0.1, 0.15) is 0 Å². The fourth-order valence-electron chi connectivity index (χ4n) is 4.00. The smallest absolute Gasteiger partial charge is 0.350 e. The summed E-state index contributed by atoms with van der Waals surface area (Å²) in [5.74, 6) is -2.47. The summed E-state index contributed by atoms with van der Waals surface area (Å²) < 4.78 is 56.3. The van der Waals surface area contributed by atoms with E-state index < -0.39 is 37.9 Å². The van der Waals surface area contributed by atoms with Crippen LogP contribution >= 0.6 is 15.2 Å². The standard InChI is InChI=1S/C20H32O8P2/c1-6-24-19(21)18-17(16-14-12-11-13-15-16)20(18,29(22,25-7-2)26-8-3)30(23,27-9-4)28-10-5/h11-15,17-18H,6-10H2,1-5H3. The second kappa shape index (κ2) is 10.5. The third-order valence-corrected chi connectivity index (χ3v) is 11.6. The fourth-order valence-corrected chi connectivity index (χ4v) is 10.5. The van der Waals surface area contributed by atoms with E-state index in [-0.39, 0.29) is 33.0 Å². The maximum Gasteiger partial charge on any atom is 0.350 e. The number of hydrogen-bond donors (Lipinski definition) is 0. The molecule has 1 fully saturated rings. The van der Waals surface area contributed by atoms with E-state index in [1.165, 1.54) is 0 Å². The molecule has 30 heavy (non-hydrogen) atoms. The first-order valence-electron chi connectivity index (χ1n) is 10.3. The Morgan fingerprint density at radius 1 is 0.800 bits per heavy atom. The number of carbonyl (C=O) groups is 1. The molecule has 0 spiro atoms. The Balaban J connectivity index is 2.82. The Morgan fingerprint density at radius 2 is 1.23 bits per heavy atom. The van der Waals surface area contributed by atoms with Crippen molar-refractivity contribution < 1.29 is 36.8 Å². The predicted molar refractivity (Wildman–Crippen MR) is 114 cm³/mol. The molecule has 1 aromatic carbocycles. The molecule has 0 N–H and O–H groups in total. The fraction of sp³-hybridized carbons (Fsp3) is 0.650. The maximum atomic E-state index is 14.2. The highest BCUT2D eigenvalue weighted by Gasteiger charge is 2.88. The second-order valence-corrected chi connectivity index (χ2v) is 11.4. The van der Waals surface area contributed by atoms with Crippen LogP contribution in [0.3, 0.4) is 0 Å². The first-order valence-corrected chi connectivity index (χ1v) is 13.4. The number of rotatable bonds is 13. The van der Waals surface area contributed by atoms with Gasteiger partial charge in [-0.05, 0) is 40.2 Å². The lowest BCUT2D eigenvalue weighted by atomic mass is 10.1. The summed E-state index contributed by atoms with van der Waals surface area (Å²) in [6.07, 6.45) is 0. The van der Waals surface area contributed by atoms with Gasteiger partial charge in [0.15, 0.2) is 4.90 Å². The first-order chi connectivity index (χ1) is 14.3. The molecule has 1 saturated carbocycles. The Bertz CT molecular complexity index is 747. The van der Waals surface area contributed by atoms with Crippen LogP contribution < -0.4 is 0 Å². The molecule has 8 nitrogen and oxygen atoms in total. The SMILES string of the molecule is CCOC(=O)C1C(c2ccccc2)C1(P(=O)(OCC)OCC)P(=O)(OCC)OCC. The molecule has 0 bridgehead atoms. The van der Waals surface area contributed by atoms with E-state index in [2.05, 4.69) is 0 Å². The number of carbonyl (C=O) groups excluding carboxylic acids is 1. The molecule has 10 heteroatoms. The molecule has 0 aromatic heterocycles. The zero-order valence-electron chi connectivity index (χ0n) is 18.2.